The minimum absolute atomic E-state index is 0.765. The fourth-order valence-corrected chi connectivity index (χ4v) is 2.44. The van der Waals surface area contributed by atoms with Crippen LogP contribution in [0.4, 0.5) is 5.69 Å². The lowest BCUT2D eigenvalue weighted by Gasteiger charge is -1.92. The fourth-order valence-electron chi connectivity index (χ4n) is 1.49. The molecular formula is C11H15N3S. The Morgan fingerprint density at radius 1 is 1.40 bits per heavy atom. The maximum Gasteiger partial charge on any atom is 0.125 e. The van der Waals surface area contributed by atoms with E-state index in [0.29, 0.717) is 0 Å². The number of thiophene rings is 1. The van der Waals surface area contributed by atoms with E-state index in [9.17, 15) is 0 Å². The second kappa shape index (κ2) is 4.06. The number of nitrogens with two attached hydrogens (primary N) is 1. The van der Waals surface area contributed by atoms with Crippen LogP contribution in [0.5, 0.6) is 0 Å². The van der Waals surface area contributed by atoms with Crippen LogP contribution in [0.3, 0.4) is 0 Å². The molecule has 0 unspecified atom stereocenters. The van der Waals surface area contributed by atoms with Crippen LogP contribution >= 0.6 is 11.3 Å². The molecule has 0 amide bonds. The van der Waals surface area contributed by atoms with E-state index in [1.165, 1.54) is 4.88 Å². The van der Waals surface area contributed by atoms with Crippen LogP contribution in [0.25, 0.3) is 10.6 Å². The summed E-state index contributed by atoms with van der Waals surface area (Å²) in [4.78, 5) is 2.53. The minimum atomic E-state index is 0.765. The second-order valence-electron chi connectivity index (χ2n) is 3.41. The molecule has 0 saturated carbocycles. The SMILES string of the molecule is CCc1ccc(-c2nn(CC)cc2N)s1. The summed E-state index contributed by atoms with van der Waals surface area (Å²) < 4.78 is 1.87. The molecule has 2 heterocycles. The van der Waals surface area contributed by atoms with E-state index in [1.54, 1.807) is 11.3 Å². The molecule has 0 bridgehead atoms. The summed E-state index contributed by atoms with van der Waals surface area (Å²) >= 11 is 1.77. The van der Waals surface area contributed by atoms with Gasteiger partial charge in [0.2, 0.25) is 0 Å². The van der Waals surface area contributed by atoms with Gasteiger partial charge in [-0.15, -0.1) is 11.3 Å². The quantitative estimate of drug-likeness (QED) is 0.866. The molecule has 15 heavy (non-hydrogen) atoms. The smallest absolute Gasteiger partial charge is 0.125 e. The van der Waals surface area contributed by atoms with Crippen molar-refractivity contribution >= 4 is 17.0 Å². The maximum atomic E-state index is 5.92. The van der Waals surface area contributed by atoms with Gasteiger partial charge in [0.05, 0.1) is 10.6 Å². The van der Waals surface area contributed by atoms with E-state index in [0.717, 1.165) is 29.2 Å². The highest BCUT2D eigenvalue weighted by molar-refractivity contribution is 7.15. The van der Waals surface area contributed by atoms with Gasteiger partial charge in [-0.3, -0.25) is 4.68 Å². The van der Waals surface area contributed by atoms with Gasteiger partial charge in [-0.05, 0) is 25.5 Å². The van der Waals surface area contributed by atoms with E-state index in [1.807, 2.05) is 10.9 Å². The molecule has 0 aliphatic rings. The summed E-state index contributed by atoms with van der Waals surface area (Å²) in [5.74, 6) is 0. The number of nitrogens with zero attached hydrogens (tertiary/aromatic N) is 2. The number of hydrogen-bond donors (Lipinski definition) is 1. The third-order valence-electron chi connectivity index (χ3n) is 2.36. The van der Waals surface area contributed by atoms with Gasteiger partial charge in [-0.2, -0.15) is 5.10 Å². The summed E-state index contributed by atoms with van der Waals surface area (Å²) in [6.07, 6.45) is 2.96. The van der Waals surface area contributed by atoms with Crippen molar-refractivity contribution in [2.24, 2.45) is 0 Å². The lowest BCUT2D eigenvalue weighted by Crippen LogP contribution is -1.93. The molecule has 2 N–H and O–H groups in total. The van der Waals surface area contributed by atoms with E-state index < -0.39 is 0 Å². The summed E-state index contributed by atoms with van der Waals surface area (Å²) in [6, 6.07) is 4.24. The number of hydrogen-bond acceptors (Lipinski definition) is 3. The first-order valence-electron chi connectivity index (χ1n) is 5.16. The first kappa shape index (κ1) is 10.2. The van der Waals surface area contributed by atoms with Crippen LogP contribution in [0.1, 0.15) is 18.7 Å². The first-order chi connectivity index (χ1) is 7.24. The van der Waals surface area contributed by atoms with Crippen molar-refractivity contribution in [1.29, 1.82) is 0 Å². The Balaban J connectivity index is 2.39. The summed E-state index contributed by atoms with van der Waals surface area (Å²) in [7, 11) is 0. The highest BCUT2D eigenvalue weighted by Gasteiger charge is 2.09. The zero-order chi connectivity index (χ0) is 10.8. The lowest BCUT2D eigenvalue weighted by molar-refractivity contribution is 0.662. The van der Waals surface area contributed by atoms with E-state index in [4.69, 9.17) is 5.73 Å². The third-order valence-corrected chi connectivity index (χ3v) is 3.59. The van der Waals surface area contributed by atoms with Gasteiger partial charge in [0.1, 0.15) is 5.69 Å². The molecule has 80 valence electrons. The normalized spacial score (nSPS) is 10.8. The Bertz CT molecular complexity index is 456. The van der Waals surface area contributed by atoms with Crippen molar-refractivity contribution in [3.05, 3.63) is 23.2 Å². The predicted octanol–water partition coefficient (Wildman–Crippen LogP) is 2.78. The van der Waals surface area contributed by atoms with Gasteiger partial charge in [-0.1, -0.05) is 6.92 Å². The zero-order valence-corrected chi connectivity index (χ0v) is 9.84. The van der Waals surface area contributed by atoms with Crippen molar-refractivity contribution < 1.29 is 0 Å². The molecule has 0 spiro atoms. The Morgan fingerprint density at radius 2 is 2.20 bits per heavy atom. The third kappa shape index (κ3) is 1.90. The van der Waals surface area contributed by atoms with Gasteiger partial charge >= 0.3 is 0 Å². The molecule has 2 rings (SSSR count). The average Bonchev–Trinajstić information content (AvgIpc) is 2.83. The van der Waals surface area contributed by atoms with Gasteiger partial charge in [0, 0.05) is 17.6 Å². The van der Waals surface area contributed by atoms with Crippen molar-refractivity contribution in [1.82, 2.24) is 9.78 Å². The van der Waals surface area contributed by atoms with E-state index in [-0.39, 0.29) is 0 Å². The lowest BCUT2D eigenvalue weighted by atomic mass is 10.3. The number of rotatable bonds is 3. The van der Waals surface area contributed by atoms with Gasteiger partial charge in [-0.25, -0.2) is 0 Å². The average molecular weight is 221 g/mol. The molecule has 0 atom stereocenters. The molecule has 0 aromatic carbocycles. The minimum Gasteiger partial charge on any atom is -0.396 e. The first-order valence-corrected chi connectivity index (χ1v) is 5.98. The maximum absolute atomic E-state index is 5.92. The highest BCUT2D eigenvalue weighted by Crippen LogP contribution is 2.30. The Hall–Kier alpha value is -1.29. The number of aryl methyl sites for hydroxylation is 2. The standard InChI is InChI=1S/C11H15N3S/c1-3-8-5-6-10(15-8)11-9(12)7-14(4-2)13-11/h5-7H,3-4,12H2,1-2H3. The molecule has 0 saturated heterocycles. The number of nitrogen functional groups attached to an aromatic ring is 1. The van der Waals surface area contributed by atoms with Gasteiger partial charge < -0.3 is 5.73 Å². The molecule has 0 radical (unpaired) electrons. The second-order valence-corrected chi connectivity index (χ2v) is 4.58. The molecule has 0 aliphatic heterocycles. The topological polar surface area (TPSA) is 43.8 Å². The monoisotopic (exact) mass is 221 g/mol. The van der Waals surface area contributed by atoms with Crippen LogP contribution in [0.15, 0.2) is 18.3 Å². The molecule has 3 nitrogen and oxygen atoms in total. The van der Waals surface area contributed by atoms with Crippen molar-refractivity contribution in [3.63, 3.8) is 0 Å². The molecule has 0 fully saturated rings. The van der Waals surface area contributed by atoms with Crippen molar-refractivity contribution in [3.8, 4) is 10.6 Å². The molecule has 0 aliphatic carbocycles. The zero-order valence-electron chi connectivity index (χ0n) is 9.03. The van der Waals surface area contributed by atoms with E-state index in [2.05, 4.69) is 31.1 Å². The molecular weight excluding hydrogens is 206 g/mol. The highest BCUT2D eigenvalue weighted by atomic mass is 32.1. The summed E-state index contributed by atoms with van der Waals surface area (Å²) in [5, 5.41) is 4.45. The van der Waals surface area contributed by atoms with Crippen LogP contribution in [-0.2, 0) is 13.0 Å². The predicted molar refractivity (Wildman–Crippen MR) is 65.0 cm³/mol. The molecule has 2 aromatic heterocycles. The summed E-state index contributed by atoms with van der Waals surface area (Å²) in [5.41, 5.74) is 7.61. The van der Waals surface area contributed by atoms with Crippen LogP contribution in [0, 0.1) is 0 Å². The molecule has 4 heteroatoms. The largest absolute Gasteiger partial charge is 0.396 e. The van der Waals surface area contributed by atoms with Crippen LogP contribution in [0.2, 0.25) is 0 Å². The molecule has 2 aromatic rings. The van der Waals surface area contributed by atoms with Crippen molar-refractivity contribution in [2.45, 2.75) is 26.8 Å². The van der Waals surface area contributed by atoms with Crippen molar-refractivity contribution in [2.75, 3.05) is 5.73 Å². The Kier molecular flexibility index (Phi) is 2.77. The van der Waals surface area contributed by atoms with Gasteiger partial charge in [0.15, 0.2) is 0 Å². The number of aromatic nitrogens is 2. The van der Waals surface area contributed by atoms with E-state index >= 15 is 0 Å². The Morgan fingerprint density at radius 3 is 2.73 bits per heavy atom. The van der Waals surface area contributed by atoms with Crippen LogP contribution < -0.4 is 5.73 Å². The van der Waals surface area contributed by atoms with Crippen LogP contribution in [-0.4, -0.2) is 9.78 Å². The summed E-state index contributed by atoms with van der Waals surface area (Å²) in [6.45, 7) is 5.07. The van der Waals surface area contributed by atoms with Gasteiger partial charge in [0.25, 0.3) is 0 Å². The fraction of sp³-hybridized carbons (Fsp3) is 0.364. The number of anilines is 1. The Labute approximate surface area is 93.5 Å².